The molecule has 0 bridgehead atoms. The van der Waals surface area contributed by atoms with Crippen molar-refractivity contribution in [3.8, 4) is 0 Å². The van der Waals surface area contributed by atoms with Crippen LogP contribution in [0.5, 0.6) is 0 Å². The van der Waals surface area contributed by atoms with Gasteiger partial charge in [0.25, 0.3) is 0 Å². The summed E-state index contributed by atoms with van der Waals surface area (Å²) in [5, 5.41) is 0. The first kappa shape index (κ1) is 13.4. The highest BCUT2D eigenvalue weighted by atomic mass is 16.5. The number of methoxy groups -OCH3 is 2. The zero-order valence-corrected chi connectivity index (χ0v) is 9.24. The summed E-state index contributed by atoms with van der Waals surface area (Å²) in [6.45, 7) is 4.55. The molecule has 0 fully saturated rings. The predicted molar refractivity (Wildman–Crippen MR) is 60.2 cm³/mol. The molecule has 0 aromatic rings. The lowest BCUT2D eigenvalue weighted by Gasteiger charge is -2.04. The highest BCUT2D eigenvalue weighted by molar-refractivity contribution is 5.02. The Morgan fingerprint density at radius 1 is 1.21 bits per heavy atom. The van der Waals surface area contributed by atoms with Gasteiger partial charge < -0.3 is 9.47 Å². The van der Waals surface area contributed by atoms with Gasteiger partial charge >= 0.3 is 0 Å². The van der Waals surface area contributed by atoms with Gasteiger partial charge in [0, 0.05) is 20.8 Å². The minimum atomic E-state index is 0.0827. The monoisotopic (exact) mass is 197 g/mol. The molecule has 0 saturated heterocycles. The van der Waals surface area contributed by atoms with Crippen molar-refractivity contribution in [2.45, 2.75) is 25.4 Å². The average molecular weight is 197 g/mol. The van der Waals surface area contributed by atoms with E-state index in [4.69, 9.17) is 9.47 Å². The van der Waals surface area contributed by atoms with Crippen LogP contribution in [0.3, 0.4) is 0 Å². The second-order valence-corrected chi connectivity index (χ2v) is 2.98. The minimum Gasteiger partial charge on any atom is -0.385 e. The van der Waals surface area contributed by atoms with Gasteiger partial charge in [0.1, 0.15) is 0 Å². The third-order valence-electron chi connectivity index (χ3n) is 1.81. The molecule has 0 N–H and O–H groups in total. The molecule has 2 nitrogen and oxygen atoms in total. The largest absolute Gasteiger partial charge is 0.385 e. The van der Waals surface area contributed by atoms with E-state index in [1.165, 1.54) is 0 Å². The third-order valence-corrected chi connectivity index (χ3v) is 1.81. The Morgan fingerprint density at radius 2 is 1.93 bits per heavy atom. The van der Waals surface area contributed by atoms with E-state index < -0.39 is 0 Å². The second kappa shape index (κ2) is 10.5. The maximum absolute atomic E-state index is 5.23. The van der Waals surface area contributed by atoms with Crippen LogP contribution in [-0.2, 0) is 9.47 Å². The molecular formula is C12H21O2. The van der Waals surface area contributed by atoms with Crippen molar-refractivity contribution in [2.24, 2.45) is 0 Å². The first-order valence-corrected chi connectivity index (χ1v) is 4.99. The van der Waals surface area contributed by atoms with E-state index in [-0.39, 0.29) is 6.10 Å². The summed E-state index contributed by atoms with van der Waals surface area (Å²) in [7, 11) is 3.43. The van der Waals surface area contributed by atoms with E-state index in [9.17, 15) is 0 Å². The van der Waals surface area contributed by atoms with Crippen LogP contribution in [-0.4, -0.2) is 26.9 Å². The number of rotatable bonds is 8. The van der Waals surface area contributed by atoms with Crippen molar-refractivity contribution in [3.63, 3.8) is 0 Å². The van der Waals surface area contributed by atoms with Crippen LogP contribution in [0.2, 0.25) is 0 Å². The SMILES string of the molecule is [CH2]CC=CC(C=CCCCOC)OC. The fourth-order valence-electron chi connectivity index (χ4n) is 1.03. The first-order chi connectivity index (χ1) is 6.85. The van der Waals surface area contributed by atoms with Gasteiger partial charge in [-0.15, -0.1) is 0 Å². The Morgan fingerprint density at radius 3 is 2.50 bits per heavy atom. The fraction of sp³-hybridized carbons (Fsp3) is 0.583. The van der Waals surface area contributed by atoms with Crippen LogP contribution in [0.25, 0.3) is 0 Å². The summed E-state index contributed by atoms with van der Waals surface area (Å²) >= 11 is 0. The molecular weight excluding hydrogens is 176 g/mol. The molecule has 0 aromatic carbocycles. The van der Waals surface area contributed by atoms with Gasteiger partial charge in [-0.1, -0.05) is 24.3 Å². The molecule has 0 saturated carbocycles. The quantitative estimate of drug-likeness (QED) is 0.440. The van der Waals surface area contributed by atoms with Crippen molar-refractivity contribution < 1.29 is 9.47 Å². The van der Waals surface area contributed by atoms with Gasteiger partial charge in [-0.25, -0.2) is 0 Å². The van der Waals surface area contributed by atoms with Crippen molar-refractivity contribution in [1.82, 2.24) is 0 Å². The summed E-state index contributed by atoms with van der Waals surface area (Å²) in [6.07, 6.45) is 11.2. The number of unbranched alkanes of at least 4 members (excludes halogenated alkanes) is 1. The maximum Gasteiger partial charge on any atom is 0.0933 e. The topological polar surface area (TPSA) is 18.5 Å². The number of hydrogen-bond acceptors (Lipinski definition) is 2. The lowest BCUT2D eigenvalue weighted by atomic mass is 10.2. The molecule has 0 spiro atoms. The van der Waals surface area contributed by atoms with Crippen LogP contribution in [0.4, 0.5) is 0 Å². The molecule has 0 aliphatic rings. The Hall–Kier alpha value is -0.600. The van der Waals surface area contributed by atoms with E-state index in [0.29, 0.717) is 0 Å². The summed E-state index contributed by atoms with van der Waals surface area (Å²) < 4.78 is 10.2. The van der Waals surface area contributed by atoms with Crippen LogP contribution < -0.4 is 0 Å². The molecule has 14 heavy (non-hydrogen) atoms. The Balaban J connectivity index is 3.63. The molecule has 81 valence electrons. The summed E-state index contributed by atoms with van der Waals surface area (Å²) in [5.41, 5.74) is 0. The van der Waals surface area contributed by atoms with Gasteiger partial charge in [-0.05, 0) is 26.2 Å². The maximum atomic E-state index is 5.23. The van der Waals surface area contributed by atoms with Crippen LogP contribution in [0.1, 0.15) is 19.3 Å². The zero-order chi connectivity index (χ0) is 10.6. The van der Waals surface area contributed by atoms with Crippen molar-refractivity contribution >= 4 is 0 Å². The van der Waals surface area contributed by atoms with Crippen molar-refractivity contribution in [2.75, 3.05) is 20.8 Å². The normalized spacial score (nSPS) is 14.2. The van der Waals surface area contributed by atoms with Crippen LogP contribution >= 0.6 is 0 Å². The fourth-order valence-corrected chi connectivity index (χ4v) is 1.03. The molecule has 2 heteroatoms. The lowest BCUT2D eigenvalue weighted by Crippen LogP contribution is -2.01. The summed E-state index contributed by atoms with van der Waals surface area (Å²) in [5.74, 6) is 0. The molecule has 0 aliphatic carbocycles. The predicted octanol–water partition coefficient (Wildman–Crippen LogP) is 2.76. The average Bonchev–Trinajstić information content (AvgIpc) is 2.22. The minimum absolute atomic E-state index is 0.0827. The Kier molecular flexibility index (Phi) is 10.0. The van der Waals surface area contributed by atoms with Gasteiger partial charge in [0.2, 0.25) is 0 Å². The second-order valence-electron chi connectivity index (χ2n) is 2.98. The highest BCUT2D eigenvalue weighted by Crippen LogP contribution is 1.99. The molecule has 1 atom stereocenters. The van der Waals surface area contributed by atoms with E-state index in [2.05, 4.69) is 19.1 Å². The van der Waals surface area contributed by atoms with Gasteiger partial charge in [0.05, 0.1) is 6.10 Å². The molecule has 0 amide bonds. The summed E-state index contributed by atoms with van der Waals surface area (Å²) in [4.78, 5) is 0. The van der Waals surface area contributed by atoms with Crippen LogP contribution in [0, 0.1) is 6.92 Å². The lowest BCUT2D eigenvalue weighted by molar-refractivity contribution is 0.176. The molecule has 0 aromatic heterocycles. The number of ether oxygens (including phenoxy) is 2. The molecule has 1 radical (unpaired) electrons. The van der Waals surface area contributed by atoms with Gasteiger partial charge in [0.15, 0.2) is 0 Å². The van der Waals surface area contributed by atoms with E-state index in [1.807, 2.05) is 12.2 Å². The number of allylic oxidation sites excluding steroid dienone is 2. The molecule has 0 rings (SSSR count). The Bertz CT molecular complexity index is 162. The molecule has 0 aliphatic heterocycles. The standard InChI is InChI=1S/C12H21O2/c1-4-5-9-12(14-3)10-7-6-8-11-13-2/h5,7,9-10,12H,1,4,6,8,11H2,2-3H3. The van der Waals surface area contributed by atoms with E-state index >= 15 is 0 Å². The van der Waals surface area contributed by atoms with Crippen LogP contribution in [0.15, 0.2) is 24.3 Å². The van der Waals surface area contributed by atoms with Gasteiger partial charge in [-0.2, -0.15) is 0 Å². The first-order valence-electron chi connectivity index (χ1n) is 4.99. The van der Waals surface area contributed by atoms with Crippen molar-refractivity contribution in [3.05, 3.63) is 31.2 Å². The summed E-state index contributed by atoms with van der Waals surface area (Å²) in [6, 6.07) is 0. The van der Waals surface area contributed by atoms with Gasteiger partial charge in [-0.3, -0.25) is 0 Å². The number of hydrogen-bond donors (Lipinski definition) is 0. The zero-order valence-electron chi connectivity index (χ0n) is 9.24. The molecule has 0 heterocycles. The Labute approximate surface area is 87.6 Å². The van der Waals surface area contributed by atoms with Crippen molar-refractivity contribution in [1.29, 1.82) is 0 Å². The highest BCUT2D eigenvalue weighted by Gasteiger charge is 1.94. The third kappa shape index (κ3) is 8.02. The smallest absolute Gasteiger partial charge is 0.0933 e. The van der Waals surface area contributed by atoms with E-state index in [0.717, 1.165) is 25.9 Å². The molecule has 1 unspecified atom stereocenters. The van der Waals surface area contributed by atoms with E-state index in [1.54, 1.807) is 14.2 Å².